The number of carbonyl (C=O) groups is 1. The number of halogens is 3. The topological polar surface area (TPSA) is 61.4 Å². The summed E-state index contributed by atoms with van der Waals surface area (Å²) >= 11 is 0. The average molecular weight is 338 g/mol. The van der Waals surface area contributed by atoms with Gasteiger partial charge < -0.3 is 15.7 Å². The molecule has 0 aliphatic heterocycles. The van der Waals surface area contributed by atoms with Gasteiger partial charge in [-0.1, -0.05) is 30.3 Å². The molecule has 7 heteroatoms. The van der Waals surface area contributed by atoms with Gasteiger partial charge in [-0.05, 0) is 29.7 Å². The number of aliphatic hydroxyl groups excluding tert-OH is 1. The normalized spacial score (nSPS) is 11.8. The van der Waals surface area contributed by atoms with Crippen LogP contribution in [-0.4, -0.2) is 24.3 Å². The van der Waals surface area contributed by atoms with Gasteiger partial charge >= 0.3 is 6.03 Å². The Kier molecular flexibility index (Phi) is 6.20. The number of aliphatic hydroxyl groups is 1. The van der Waals surface area contributed by atoms with Crippen LogP contribution < -0.4 is 10.6 Å². The lowest BCUT2D eigenvalue weighted by Gasteiger charge is -2.17. The molecule has 0 aromatic heterocycles. The molecule has 0 saturated carbocycles. The summed E-state index contributed by atoms with van der Waals surface area (Å²) in [5.41, 5.74) is 0.978. The van der Waals surface area contributed by atoms with E-state index >= 15 is 0 Å². The van der Waals surface area contributed by atoms with Gasteiger partial charge in [0.05, 0.1) is 12.6 Å². The minimum atomic E-state index is -1.52. The lowest BCUT2D eigenvalue weighted by Crippen LogP contribution is -2.40. The molecule has 2 amide bonds. The molecular formula is C17H17F3N2O2. The van der Waals surface area contributed by atoms with Crippen molar-refractivity contribution in [2.45, 2.75) is 12.5 Å². The summed E-state index contributed by atoms with van der Waals surface area (Å²) in [4.78, 5) is 11.8. The van der Waals surface area contributed by atoms with Crippen molar-refractivity contribution >= 4 is 6.03 Å². The van der Waals surface area contributed by atoms with Crippen LogP contribution in [0.15, 0.2) is 42.5 Å². The highest BCUT2D eigenvalue weighted by molar-refractivity contribution is 5.74. The van der Waals surface area contributed by atoms with Gasteiger partial charge in [-0.2, -0.15) is 0 Å². The number of benzene rings is 2. The van der Waals surface area contributed by atoms with Crippen molar-refractivity contribution in [1.82, 2.24) is 10.6 Å². The number of nitrogens with one attached hydrogen (secondary N) is 2. The Morgan fingerprint density at radius 2 is 1.71 bits per heavy atom. The molecule has 0 fully saturated rings. The van der Waals surface area contributed by atoms with Gasteiger partial charge in [0.1, 0.15) is 0 Å². The Bertz CT molecular complexity index is 672. The predicted octanol–water partition coefficient (Wildman–Crippen LogP) is 2.68. The van der Waals surface area contributed by atoms with Crippen LogP contribution in [0.5, 0.6) is 0 Å². The minimum Gasteiger partial charge on any atom is -0.394 e. The van der Waals surface area contributed by atoms with E-state index in [9.17, 15) is 23.1 Å². The largest absolute Gasteiger partial charge is 0.394 e. The van der Waals surface area contributed by atoms with Gasteiger partial charge in [-0.25, -0.2) is 18.0 Å². The Hall–Kier alpha value is -2.54. The number of amides is 2. The highest BCUT2D eigenvalue weighted by Gasteiger charge is 2.13. The van der Waals surface area contributed by atoms with E-state index in [1.807, 2.05) is 6.07 Å². The quantitative estimate of drug-likeness (QED) is 0.709. The molecule has 4 nitrogen and oxygen atoms in total. The fraction of sp³-hybridized carbons (Fsp3) is 0.235. The predicted molar refractivity (Wildman–Crippen MR) is 82.8 cm³/mol. The van der Waals surface area contributed by atoms with Gasteiger partial charge in [0.2, 0.25) is 0 Å². The summed E-state index contributed by atoms with van der Waals surface area (Å²) in [6, 6.07) is 9.62. The van der Waals surface area contributed by atoms with E-state index in [-0.39, 0.29) is 25.1 Å². The second kappa shape index (κ2) is 8.35. The maximum atomic E-state index is 13.1. The Labute approximate surface area is 137 Å². The molecule has 3 N–H and O–H groups in total. The third-order valence-electron chi connectivity index (χ3n) is 3.43. The third-order valence-corrected chi connectivity index (χ3v) is 3.43. The van der Waals surface area contributed by atoms with Crippen LogP contribution in [0.25, 0.3) is 0 Å². The number of hydrogen-bond donors (Lipinski definition) is 3. The molecule has 0 heterocycles. The second-order valence-electron chi connectivity index (χ2n) is 5.17. The van der Waals surface area contributed by atoms with Crippen molar-refractivity contribution in [3.05, 3.63) is 71.0 Å². The number of urea groups is 1. The van der Waals surface area contributed by atoms with Crippen LogP contribution in [0, 0.1) is 17.5 Å². The zero-order valence-electron chi connectivity index (χ0n) is 12.7. The number of rotatable bonds is 6. The monoisotopic (exact) mass is 338 g/mol. The van der Waals surface area contributed by atoms with E-state index in [0.29, 0.717) is 0 Å². The standard InChI is InChI=1S/C17H17F3N2O2/c18-13-8-11(9-14(19)16(13)20)6-7-21-17(24)22-15(10-23)12-4-2-1-3-5-12/h1-5,8-9,15,23H,6-7,10H2,(H2,21,22,24)/t15-/m1/s1. The fourth-order valence-electron chi connectivity index (χ4n) is 2.20. The van der Waals surface area contributed by atoms with E-state index in [0.717, 1.165) is 17.7 Å². The van der Waals surface area contributed by atoms with E-state index in [1.54, 1.807) is 24.3 Å². The molecule has 0 aliphatic carbocycles. The van der Waals surface area contributed by atoms with Gasteiger partial charge in [0, 0.05) is 6.54 Å². The lowest BCUT2D eigenvalue weighted by atomic mass is 10.1. The Balaban J connectivity index is 1.85. The lowest BCUT2D eigenvalue weighted by molar-refractivity contribution is 0.217. The molecule has 2 rings (SSSR count). The van der Waals surface area contributed by atoms with E-state index in [2.05, 4.69) is 10.6 Å². The highest BCUT2D eigenvalue weighted by Crippen LogP contribution is 2.14. The SMILES string of the molecule is O=C(NCCc1cc(F)c(F)c(F)c1)N[C@H](CO)c1ccccc1. The van der Waals surface area contributed by atoms with Crippen molar-refractivity contribution in [1.29, 1.82) is 0 Å². The summed E-state index contributed by atoms with van der Waals surface area (Å²) in [5.74, 6) is -4.05. The molecule has 0 spiro atoms. The van der Waals surface area contributed by atoms with Crippen LogP contribution in [-0.2, 0) is 6.42 Å². The van der Waals surface area contributed by atoms with Crippen LogP contribution in [0.2, 0.25) is 0 Å². The van der Waals surface area contributed by atoms with Crippen molar-refractivity contribution < 1.29 is 23.1 Å². The molecule has 1 atom stereocenters. The summed E-state index contributed by atoms with van der Waals surface area (Å²) in [6.45, 7) is -0.172. The van der Waals surface area contributed by atoms with Gasteiger partial charge in [-0.3, -0.25) is 0 Å². The van der Waals surface area contributed by atoms with Gasteiger partial charge in [-0.15, -0.1) is 0 Å². The molecule has 2 aromatic rings. The smallest absolute Gasteiger partial charge is 0.315 e. The molecular weight excluding hydrogens is 321 g/mol. The number of hydrogen-bond acceptors (Lipinski definition) is 2. The molecule has 24 heavy (non-hydrogen) atoms. The van der Waals surface area contributed by atoms with Crippen molar-refractivity contribution in [2.75, 3.05) is 13.2 Å². The second-order valence-corrected chi connectivity index (χ2v) is 5.17. The van der Waals surface area contributed by atoms with Crippen molar-refractivity contribution in [2.24, 2.45) is 0 Å². The maximum absolute atomic E-state index is 13.1. The van der Waals surface area contributed by atoms with Gasteiger partial charge in [0.15, 0.2) is 17.5 Å². The van der Waals surface area contributed by atoms with Crippen LogP contribution >= 0.6 is 0 Å². The molecule has 128 valence electrons. The number of carbonyl (C=O) groups excluding carboxylic acids is 1. The first-order chi connectivity index (χ1) is 11.5. The molecule has 0 bridgehead atoms. The summed E-state index contributed by atoms with van der Waals surface area (Å²) in [5, 5.41) is 14.5. The first kappa shape index (κ1) is 17.8. The molecule has 0 aliphatic rings. The summed E-state index contributed by atoms with van der Waals surface area (Å²) in [6.07, 6.45) is 0.136. The van der Waals surface area contributed by atoms with E-state index < -0.39 is 29.5 Å². The zero-order valence-corrected chi connectivity index (χ0v) is 12.7. The molecule has 0 unspecified atom stereocenters. The van der Waals surface area contributed by atoms with Crippen LogP contribution in [0.1, 0.15) is 17.2 Å². The zero-order chi connectivity index (χ0) is 17.5. The first-order valence-electron chi connectivity index (χ1n) is 7.35. The molecule has 0 radical (unpaired) electrons. The molecule has 2 aromatic carbocycles. The molecule has 0 saturated heterocycles. The summed E-state index contributed by atoms with van der Waals surface area (Å²) < 4.78 is 39.0. The summed E-state index contributed by atoms with van der Waals surface area (Å²) in [7, 11) is 0. The first-order valence-corrected chi connectivity index (χ1v) is 7.35. The fourth-order valence-corrected chi connectivity index (χ4v) is 2.20. The maximum Gasteiger partial charge on any atom is 0.315 e. The Morgan fingerprint density at radius 3 is 2.29 bits per heavy atom. The van der Waals surface area contributed by atoms with Crippen LogP contribution in [0.4, 0.5) is 18.0 Å². The van der Waals surface area contributed by atoms with E-state index in [4.69, 9.17) is 0 Å². The van der Waals surface area contributed by atoms with E-state index in [1.165, 1.54) is 0 Å². The van der Waals surface area contributed by atoms with Gasteiger partial charge in [0.25, 0.3) is 0 Å². The Morgan fingerprint density at radius 1 is 1.08 bits per heavy atom. The highest BCUT2D eigenvalue weighted by atomic mass is 19.2. The third kappa shape index (κ3) is 4.73. The minimum absolute atomic E-state index is 0.100. The van der Waals surface area contributed by atoms with Crippen LogP contribution in [0.3, 0.4) is 0 Å². The average Bonchev–Trinajstić information content (AvgIpc) is 2.58. The van der Waals surface area contributed by atoms with Crippen molar-refractivity contribution in [3.63, 3.8) is 0 Å². The van der Waals surface area contributed by atoms with Crippen molar-refractivity contribution in [3.8, 4) is 0 Å².